The number of hydrogen-bond donors (Lipinski definition) is 2. The number of amides is 2. The molecular weight excluding hydrogens is 411 g/mol. The van der Waals surface area contributed by atoms with E-state index in [0.29, 0.717) is 27.6 Å². The quantitative estimate of drug-likeness (QED) is 0.730. The highest BCUT2D eigenvalue weighted by atomic mass is 35.5. The number of hydrogen-bond acceptors (Lipinski definition) is 4. The summed E-state index contributed by atoms with van der Waals surface area (Å²) < 4.78 is 18.7. The zero-order valence-electron chi connectivity index (χ0n) is 16.6. The molecule has 3 rings (SSSR count). The summed E-state index contributed by atoms with van der Waals surface area (Å²) in [4.78, 5) is 26.7. The predicted octanol–water partition coefficient (Wildman–Crippen LogP) is 3.63. The fourth-order valence-corrected chi connectivity index (χ4v) is 3.53. The van der Waals surface area contributed by atoms with Crippen LogP contribution in [0.15, 0.2) is 48.2 Å². The molecule has 6 nitrogen and oxygen atoms in total. The van der Waals surface area contributed by atoms with E-state index < -0.39 is 5.92 Å². The van der Waals surface area contributed by atoms with Gasteiger partial charge in [0.1, 0.15) is 18.2 Å². The number of nitrogens with one attached hydrogen (secondary N) is 1. The first-order valence-corrected chi connectivity index (χ1v) is 9.76. The molecule has 1 aliphatic heterocycles. The van der Waals surface area contributed by atoms with Gasteiger partial charge in [-0.3, -0.25) is 9.59 Å². The summed E-state index contributed by atoms with van der Waals surface area (Å²) in [5.74, 6) is -1.07. The third-order valence-electron chi connectivity index (χ3n) is 4.89. The average Bonchev–Trinajstić information content (AvgIpc) is 2.71. The van der Waals surface area contributed by atoms with E-state index in [1.165, 1.54) is 23.2 Å². The van der Waals surface area contributed by atoms with E-state index in [0.717, 1.165) is 5.56 Å². The van der Waals surface area contributed by atoms with Crippen LogP contribution in [0.4, 0.5) is 10.1 Å². The summed E-state index contributed by atoms with van der Waals surface area (Å²) in [6.07, 6.45) is 1.61. The minimum absolute atomic E-state index is 0.0703. The summed E-state index contributed by atoms with van der Waals surface area (Å²) in [6.45, 7) is 1.69. The number of carbonyl (C=O) groups excluding carboxylic acids is 2. The third kappa shape index (κ3) is 4.80. The van der Waals surface area contributed by atoms with Crippen molar-refractivity contribution in [3.8, 4) is 5.75 Å². The van der Waals surface area contributed by atoms with E-state index in [2.05, 4.69) is 5.32 Å². The molecule has 1 heterocycles. The van der Waals surface area contributed by atoms with Gasteiger partial charge >= 0.3 is 0 Å². The van der Waals surface area contributed by atoms with Crippen molar-refractivity contribution in [2.75, 3.05) is 25.6 Å². The lowest BCUT2D eigenvalue weighted by molar-refractivity contribution is -0.128. The van der Waals surface area contributed by atoms with Crippen molar-refractivity contribution in [3.63, 3.8) is 0 Å². The Labute approximate surface area is 178 Å². The van der Waals surface area contributed by atoms with Crippen molar-refractivity contribution in [1.29, 1.82) is 0 Å². The second-order valence-corrected chi connectivity index (χ2v) is 7.43. The zero-order chi connectivity index (χ0) is 21.8. The van der Waals surface area contributed by atoms with Gasteiger partial charge in [0.05, 0.1) is 11.6 Å². The Morgan fingerprint density at radius 1 is 1.33 bits per heavy atom. The molecule has 30 heavy (non-hydrogen) atoms. The molecule has 2 amide bonds. The summed E-state index contributed by atoms with van der Waals surface area (Å²) >= 11 is 6.17. The predicted molar refractivity (Wildman–Crippen MR) is 112 cm³/mol. The van der Waals surface area contributed by atoms with E-state index in [-0.39, 0.29) is 37.3 Å². The van der Waals surface area contributed by atoms with Crippen molar-refractivity contribution >= 4 is 29.1 Å². The molecule has 1 atom stereocenters. The summed E-state index contributed by atoms with van der Waals surface area (Å²) in [5, 5.41) is 12.2. The van der Waals surface area contributed by atoms with Crippen LogP contribution in [-0.4, -0.2) is 42.1 Å². The van der Waals surface area contributed by atoms with E-state index in [1.54, 1.807) is 38.2 Å². The molecule has 0 aliphatic carbocycles. The van der Waals surface area contributed by atoms with Gasteiger partial charge in [-0.15, -0.1) is 0 Å². The number of nitrogens with zero attached hydrogens (tertiary/aromatic N) is 1. The smallest absolute Gasteiger partial charge is 0.253 e. The van der Waals surface area contributed by atoms with Crippen LogP contribution in [0.1, 0.15) is 23.5 Å². The van der Waals surface area contributed by atoms with Crippen LogP contribution in [0.25, 0.3) is 0 Å². The number of anilines is 1. The average molecular weight is 433 g/mol. The summed E-state index contributed by atoms with van der Waals surface area (Å²) in [5.41, 5.74) is 2.29. The molecule has 2 N–H and O–H groups in total. The van der Waals surface area contributed by atoms with Gasteiger partial charge in [-0.1, -0.05) is 23.7 Å². The van der Waals surface area contributed by atoms with Gasteiger partial charge in [-0.05, 0) is 36.2 Å². The Hall–Kier alpha value is -2.90. The highest BCUT2D eigenvalue weighted by Gasteiger charge is 2.31. The first-order valence-electron chi connectivity index (χ1n) is 9.38. The van der Waals surface area contributed by atoms with Gasteiger partial charge in [-0.25, -0.2) is 4.39 Å². The molecule has 0 saturated heterocycles. The third-order valence-corrected chi connectivity index (χ3v) is 5.19. The number of ether oxygens (including phenoxy) is 1. The van der Waals surface area contributed by atoms with E-state index in [1.807, 2.05) is 0 Å². The summed E-state index contributed by atoms with van der Waals surface area (Å²) in [7, 11) is 1.59. The van der Waals surface area contributed by atoms with Crippen LogP contribution in [0.3, 0.4) is 0 Å². The van der Waals surface area contributed by atoms with Gasteiger partial charge in [-0.2, -0.15) is 0 Å². The highest BCUT2D eigenvalue weighted by molar-refractivity contribution is 6.32. The highest BCUT2D eigenvalue weighted by Crippen LogP contribution is 2.35. The molecule has 2 aromatic rings. The molecule has 0 radical (unpaired) electrons. The Kier molecular flexibility index (Phi) is 6.74. The lowest BCUT2D eigenvalue weighted by atomic mass is 9.85. The molecular formula is C22H22ClFN2O4. The van der Waals surface area contributed by atoms with Crippen LogP contribution in [-0.2, 0) is 9.59 Å². The van der Waals surface area contributed by atoms with Crippen LogP contribution < -0.4 is 10.1 Å². The Bertz CT molecular complexity index is 991. The number of aliphatic hydroxyl groups excluding tert-OH is 1. The maximum atomic E-state index is 13.3. The van der Waals surface area contributed by atoms with Crippen LogP contribution in [0.2, 0.25) is 5.02 Å². The molecule has 0 fully saturated rings. The van der Waals surface area contributed by atoms with Crippen molar-refractivity contribution in [1.82, 2.24) is 4.90 Å². The number of benzene rings is 2. The van der Waals surface area contributed by atoms with Crippen LogP contribution >= 0.6 is 11.6 Å². The van der Waals surface area contributed by atoms with Crippen molar-refractivity contribution < 1.29 is 23.8 Å². The first kappa shape index (κ1) is 21.8. The number of rotatable bonds is 6. The molecule has 0 aromatic heterocycles. The molecule has 0 unspecified atom stereocenters. The van der Waals surface area contributed by atoms with Gasteiger partial charge in [0, 0.05) is 42.9 Å². The molecule has 2 aromatic carbocycles. The normalized spacial score (nSPS) is 16.3. The minimum Gasteiger partial charge on any atom is -0.490 e. The van der Waals surface area contributed by atoms with E-state index >= 15 is 0 Å². The Morgan fingerprint density at radius 2 is 2.03 bits per heavy atom. The lowest BCUT2D eigenvalue weighted by Crippen LogP contribution is -2.33. The Morgan fingerprint density at radius 3 is 2.70 bits per heavy atom. The maximum absolute atomic E-state index is 13.3. The minimum atomic E-state index is -0.494. The SMILES string of the molecule is Cc1cc(Cl)c(OCCO)cc1NC(=O)C1=CN(C)C(=O)C[C@H]1c1ccc(F)cc1. The topological polar surface area (TPSA) is 78.9 Å². The number of carbonyl (C=O) groups is 2. The molecule has 158 valence electrons. The molecule has 1 aliphatic rings. The van der Waals surface area contributed by atoms with Gasteiger partial charge in [0.2, 0.25) is 5.91 Å². The van der Waals surface area contributed by atoms with Crippen molar-refractivity contribution in [2.24, 2.45) is 0 Å². The number of aliphatic hydroxyl groups is 1. The molecule has 0 saturated carbocycles. The lowest BCUT2D eigenvalue weighted by Gasteiger charge is -2.28. The Balaban J connectivity index is 1.91. The fraction of sp³-hybridized carbons (Fsp3) is 0.273. The standard InChI is InChI=1S/C22H22ClFN2O4/c1-13-9-18(23)20(30-8-7-27)11-19(13)25-22(29)17-12-26(2)21(28)10-16(17)14-3-5-15(24)6-4-14/h3-6,9,11-12,16,27H,7-8,10H2,1-2H3,(H,25,29)/t16-/m0/s1. The molecule has 0 bridgehead atoms. The van der Waals surface area contributed by atoms with Crippen LogP contribution in [0.5, 0.6) is 5.75 Å². The maximum Gasteiger partial charge on any atom is 0.253 e. The van der Waals surface area contributed by atoms with E-state index in [4.69, 9.17) is 21.4 Å². The van der Waals surface area contributed by atoms with Crippen molar-refractivity contribution in [2.45, 2.75) is 19.3 Å². The molecule has 0 spiro atoms. The first-order chi connectivity index (χ1) is 14.3. The van der Waals surface area contributed by atoms with E-state index in [9.17, 15) is 14.0 Å². The second kappa shape index (κ2) is 9.28. The van der Waals surface area contributed by atoms with Crippen molar-refractivity contribution in [3.05, 3.63) is 70.1 Å². The van der Waals surface area contributed by atoms with Gasteiger partial charge < -0.3 is 20.1 Å². The second-order valence-electron chi connectivity index (χ2n) is 7.02. The van der Waals surface area contributed by atoms with Crippen LogP contribution in [0, 0.1) is 12.7 Å². The largest absolute Gasteiger partial charge is 0.490 e. The van der Waals surface area contributed by atoms with Gasteiger partial charge in [0.25, 0.3) is 5.91 Å². The molecule has 8 heteroatoms. The number of aryl methyl sites for hydroxylation is 1. The fourth-order valence-electron chi connectivity index (χ4n) is 3.26. The van der Waals surface area contributed by atoms with Gasteiger partial charge in [0.15, 0.2) is 0 Å². The zero-order valence-corrected chi connectivity index (χ0v) is 17.4. The summed E-state index contributed by atoms with van der Waals surface area (Å²) in [6, 6.07) is 9.02. The number of halogens is 2. The monoisotopic (exact) mass is 432 g/mol.